The van der Waals surface area contributed by atoms with E-state index in [1.807, 2.05) is 38.1 Å². The van der Waals surface area contributed by atoms with Crippen molar-refractivity contribution in [1.29, 1.82) is 0 Å². The van der Waals surface area contributed by atoms with Gasteiger partial charge < -0.3 is 10.2 Å². The summed E-state index contributed by atoms with van der Waals surface area (Å²) in [6, 6.07) is 15.9. The molecule has 0 radical (unpaired) electrons. The van der Waals surface area contributed by atoms with Crippen LogP contribution in [0.15, 0.2) is 48.5 Å². The maximum atomic E-state index is 13.1. The molecule has 0 aliphatic rings. The maximum Gasteiger partial charge on any atom is 0.242 e. The number of carbonyl (C=O) groups is 2. The molecule has 0 saturated heterocycles. The monoisotopic (exact) mass is 426 g/mol. The Morgan fingerprint density at radius 2 is 1.67 bits per heavy atom. The zero-order valence-electron chi connectivity index (χ0n) is 18.8. The lowest BCUT2D eigenvalue weighted by Gasteiger charge is -2.29. The highest BCUT2D eigenvalue weighted by atomic mass is 32.2. The predicted molar refractivity (Wildman–Crippen MR) is 126 cm³/mol. The van der Waals surface area contributed by atoms with E-state index in [2.05, 4.69) is 50.4 Å². The van der Waals surface area contributed by atoms with Gasteiger partial charge in [-0.25, -0.2) is 0 Å². The first-order chi connectivity index (χ1) is 14.3. The topological polar surface area (TPSA) is 49.4 Å². The summed E-state index contributed by atoms with van der Waals surface area (Å²) in [5, 5.41) is 2.97. The van der Waals surface area contributed by atoms with E-state index in [0.717, 1.165) is 16.9 Å². The van der Waals surface area contributed by atoms with Crippen molar-refractivity contribution in [2.75, 3.05) is 12.3 Å². The van der Waals surface area contributed by atoms with Gasteiger partial charge in [-0.15, -0.1) is 11.8 Å². The first-order valence-corrected chi connectivity index (χ1v) is 11.7. The molecule has 5 heteroatoms. The number of thioether (sulfide) groups is 1. The Morgan fingerprint density at radius 1 is 1.00 bits per heavy atom. The van der Waals surface area contributed by atoms with Crippen molar-refractivity contribution in [2.45, 2.75) is 53.0 Å². The molecule has 0 saturated carbocycles. The van der Waals surface area contributed by atoms with Gasteiger partial charge in [0, 0.05) is 18.8 Å². The predicted octanol–water partition coefficient (Wildman–Crippen LogP) is 4.73. The van der Waals surface area contributed by atoms with E-state index in [4.69, 9.17) is 0 Å². The minimum absolute atomic E-state index is 0.0115. The van der Waals surface area contributed by atoms with Crippen molar-refractivity contribution in [2.24, 2.45) is 5.92 Å². The lowest BCUT2D eigenvalue weighted by molar-refractivity contribution is -0.138. The van der Waals surface area contributed by atoms with Crippen LogP contribution in [0.1, 0.15) is 43.0 Å². The zero-order valence-corrected chi connectivity index (χ0v) is 19.6. The minimum atomic E-state index is -0.518. The van der Waals surface area contributed by atoms with Gasteiger partial charge in [0.2, 0.25) is 11.8 Å². The largest absolute Gasteiger partial charge is 0.354 e. The maximum absolute atomic E-state index is 13.1. The van der Waals surface area contributed by atoms with Crippen LogP contribution in [0.3, 0.4) is 0 Å². The van der Waals surface area contributed by atoms with Crippen LogP contribution in [0.2, 0.25) is 0 Å². The highest BCUT2D eigenvalue weighted by molar-refractivity contribution is 7.99. The third-order valence-electron chi connectivity index (χ3n) is 5.07. The summed E-state index contributed by atoms with van der Waals surface area (Å²) >= 11 is 1.59. The van der Waals surface area contributed by atoms with Crippen molar-refractivity contribution in [1.82, 2.24) is 10.2 Å². The molecule has 2 aromatic carbocycles. The molecule has 1 N–H and O–H groups in total. The number of nitrogens with one attached hydrogen (secondary N) is 1. The van der Waals surface area contributed by atoms with Crippen molar-refractivity contribution in [3.8, 4) is 0 Å². The van der Waals surface area contributed by atoms with Crippen molar-refractivity contribution >= 4 is 23.6 Å². The number of amides is 2. The number of nitrogens with zero attached hydrogens (tertiary/aromatic N) is 1. The second-order valence-corrected chi connectivity index (χ2v) is 9.23. The second kappa shape index (κ2) is 11.8. The molecule has 2 rings (SSSR count). The highest BCUT2D eigenvalue weighted by Crippen LogP contribution is 2.18. The van der Waals surface area contributed by atoms with Crippen LogP contribution < -0.4 is 5.32 Å². The quantitative estimate of drug-likeness (QED) is 0.598. The first kappa shape index (κ1) is 24.0. The Labute approximate surface area is 185 Å². The Balaban J connectivity index is 2.06. The van der Waals surface area contributed by atoms with Crippen LogP contribution in [0, 0.1) is 19.8 Å². The van der Waals surface area contributed by atoms with Crippen LogP contribution in [0.5, 0.6) is 0 Å². The highest BCUT2D eigenvalue weighted by Gasteiger charge is 2.26. The molecule has 0 aliphatic heterocycles. The number of aryl methyl sites for hydroxylation is 2. The summed E-state index contributed by atoms with van der Waals surface area (Å²) < 4.78 is 0. The number of hydrogen-bond donors (Lipinski definition) is 1. The van der Waals surface area contributed by atoms with E-state index in [1.54, 1.807) is 16.7 Å². The summed E-state index contributed by atoms with van der Waals surface area (Å²) in [5.41, 5.74) is 4.62. The first-order valence-electron chi connectivity index (χ1n) is 10.5. The summed E-state index contributed by atoms with van der Waals surface area (Å²) in [6.45, 7) is 11.1. The summed E-state index contributed by atoms with van der Waals surface area (Å²) in [4.78, 5) is 27.5. The van der Waals surface area contributed by atoms with Gasteiger partial charge in [-0.3, -0.25) is 9.59 Å². The van der Waals surface area contributed by atoms with Gasteiger partial charge in [0.25, 0.3) is 0 Å². The van der Waals surface area contributed by atoms with Crippen LogP contribution >= 0.6 is 11.8 Å². The number of rotatable bonds is 10. The molecular formula is C25H34N2O2S. The molecule has 2 amide bonds. The SMILES string of the molecule is Cc1ccc(CSCC(=O)N(Cc2ccccc2C)C(C)C(=O)NCC(C)C)cc1. The van der Waals surface area contributed by atoms with Crippen molar-refractivity contribution < 1.29 is 9.59 Å². The van der Waals surface area contributed by atoms with Crippen LogP contribution in [-0.2, 0) is 21.9 Å². The minimum Gasteiger partial charge on any atom is -0.354 e. The van der Waals surface area contributed by atoms with Gasteiger partial charge in [0.15, 0.2) is 0 Å². The van der Waals surface area contributed by atoms with E-state index < -0.39 is 6.04 Å². The molecule has 2 aromatic rings. The van der Waals surface area contributed by atoms with Crippen LogP contribution in [-0.4, -0.2) is 35.1 Å². The smallest absolute Gasteiger partial charge is 0.242 e. The number of hydrogen-bond acceptors (Lipinski definition) is 3. The summed E-state index contributed by atoms with van der Waals surface area (Å²) in [6.07, 6.45) is 0. The van der Waals surface area contributed by atoms with Gasteiger partial charge in [-0.1, -0.05) is 67.9 Å². The van der Waals surface area contributed by atoms with E-state index in [0.29, 0.717) is 24.8 Å². The molecule has 4 nitrogen and oxygen atoms in total. The standard InChI is InChI=1S/C25H34N2O2S/c1-18(2)14-26-25(29)21(5)27(15-23-9-7-6-8-20(23)4)24(28)17-30-16-22-12-10-19(3)11-13-22/h6-13,18,21H,14-17H2,1-5H3,(H,26,29). The molecule has 0 bridgehead atoms. The lowest BCUT2D eigenvalue weighted by atomic mass is 10.1. The lowest BCUT2D eigenvalue weighted by Crippen LogP contribution is -2.48. The fourth-order valence-electron chi connectivity index (χ4n) is 3.03. The molecule has 162 valence electrons. The van der Waals surface area contributed by atoms with E-state index in [1.165, 1.54) is 11.1 Å². The molecule has 0 spiro atoms. The average molecular weight is 427 g/mol. The Hall–Kier alpha value is -2.27. The van der Waals surface area contributed by atoms with E-state index >= 15 is 0 Å². The Kier molecular flexibility index (Phi) is 9.44. The second-order valence-electron chi connectivity index (χ2n) is 8.24. The fraction of sp³-hybridized carbons (Fsp3) is 0.440. The fourth-order valence-corrected chi connectivity index (χ4v) is 3.90. The molecule has 0 heterocycles. The molecule has 0 aromatic heterocycles. The van der Waals surface area contributed by atoms with Gasteiger partial charge in [-0.2, -0.15) is 0 Å². The summed E-state index contributed by atoms with van der Waals surface area (Å²) in [5.74, 6) is 1.38. The molecule has 1 atom stereocenters. The normalized spacial score (nSPS) is 11.9. The third-order valence-corrected chi connectivity index (χ3v) is 6.06. The van der Waals surface area contributed by atoms with Gasteiger partial charge in [0.05, 0.1) is 5.75 Å². The molecule has 1 unspecified atom stereocenters. The zero-order chi connectivity index (χ0) is 22.1. The summed E-state index contributed by atoms with van der Waals surface area (Å²) in [7, 11) is 0. The van der Waals surface area contributed by atoms with E-state index in [-0.39, 0.29) is 11.8 Å². The molecule has 30 heavy (non-hydrogen) atoms. The van der Waals surface area contributed by atoms with Gasteiger partial charge in [-0.05, 0) is 43.4 Å². The van der Waals surface area contributed by atoms with Crippen LogP contribution in [0.4, 0.5) is 0 Å². The Morgan fingerprint density at radius 3 is 2.30 bits per heavy atom. The Bertz CT molecular complexity index is 833. The van der Waals surface area contributed by atoms with E-state index in [9.17, 15) is 9.59 Å². The molecule has 0 aliphatic carbocycles. The number of benzene rings is 2. The number of carbonyl (C=O) groups excluding carboxylic acids is 2. The van der Waals surface area contributed by atoms with Crippen molar-refractivity contribution in [3.63, 3.8) is 0 Å². The molecular weight excluding hydrogens is 392 g/mol. The molecule has 0 fully saturated rings. The third kappa shape index (κ3) is 7.52. The van der Waals surface area contributed by atoms with Gasteiger partial charge >= 0.3 is 0 Å². The average Bonchev–Trinajstić information content (AvgIpc) is 2.72. The van der Waals surface area contributed by atoms with Crippen molar-refractivity contribution in [3.05, 3.63) is 70.8 Å². The van der Waals surface area contributed by atoms with Crippen LogP contribution in [0.25, 0.3) is 0 Å². The van der Waals surface area contributed by atoms with Gasteiger partial charge in [0.1, 0.15) is 6.04 Å².